The van der Waals surface area contributed by atoms with Crippen LogP contribution in [0.25, 0.3) is 0 Å². The lowest BCUT2D eigenvalue weighted by molar-refractivity contribution is 0.153. The number of nitrogens with one attached hydrogen (secondary N) is 2. The van der Waals surface area contributed by atoms with Gasteiger partial charge in [-0.3, -0.25) is 4.99 Å². The van der Waals surface area contributed by atoms with Crippen molar-refractivity contribution < 1.29 is 4.74 Å². The van der Waals surface area contributed by atoms with E-state index in [2.05, 4.69) is 27.8 Å². The van der Waals surface area contributed by atoms with Gasteiger partial charge < -0.3 is 15.4 Å². The van der Waals surface area contributed by atoms with Crippen molar-refractivity contribution in [2.24, 2.45) is 4.99 Å². The van der Waals surface area contributed by atoms with E-state index >= 15 is 0 Å². The number of hydrogen-bond donors (Lipinski definition) is 2. The molecule has 1 heterocycles. The highest BCUT2D eigenvalue weighted by molar-refractivity contribution is 5.79. The van der Waals surface area contributed by atoms with Crippen LogP contribution >= 0.6 is 0 Å². The van der Waals surface area contributed by atoms with Crippen LogP contribution in [-0.4, -0.2) is 39.3 Å². The third kappa shape index (κ3) is 6.34. The molecule has 0 spiro atoms. The molecular weight excluding hydrogens is 262 g/mol. The lowest BCUT2D eigenvalue weighted by Gasteiger charge is -2.16. The van der Waals surface area contributed by atoms with E-state index in [0.717, 1.165) is 51.5 Å². The number of aliphatic imine (C=N–C) groups is 1. The van der Waals surface area contributed by atoms with Crippen molar-refractivity contribution in [1.29, 1.82) is 0 Å². The monoisotopic (exact) mass is 291 g/mol. The second kappa shape index (κ2) is 9.61. The Kier molecular flexibility index (Phi) is 7.36. The zero-order chi connectivity index (χ0) is 14.8. The highest BCUT2D eigenvalue weighted by atomic mass is 16.5. The summed E-state index contributed by atoms with van der Waals surface area (Å²) < 4.78 is 5.32. The third-order valence-corrected chi connectivity index (χ3v) is 4.14. The molecule has 2 aliphatic rings. The first-order chi connectivity index (χ1) is 10.4. The van der Waals surface area contributed by atoms with Gasteiger partial charge in [-0.25, -0.2) is 0 Å². The highest BCUT2D eigenvalue weighted by Crippen LogP contribution is 2.19. The van der Waals surface area contributed by atoms with Crippen LogP contribution in [0.5, 0.6) is 0 Å². The van der Waals surface area contributed by atoms with Gasteiger partial charge in [0, 0.05) is 20.1 Å². The van der Waals surface area contributed by atoms with Gasteiger partial charge in [0.25, 0.3) is 0 Å². The maximum atomic E-state index is 5.32. The van der Waals surface area contributed by atoms with E-state index in [1.165, 1.54) is 31.3 Å². The summed E-state index contributed by atoms with van der Waals surface area (Å²) in [5.41, 5.74) is 3.10. The smallest absolute Gasteiger partial charge is 0.190 e. The van der Waals surface area contributed by atoms with E-state index < -0.39 is 0 Å². The van der Waals surface area contributed by atoms with Crippen LogP contribution in [-0.2, 0) is 4.74 Å². The van der Waals surface area contributed by atoms with Crippen LogP contribution in [0.3, 0.4) is 0 Å². The Morgan fingerprint density at radius 2 is 1.86 bits per heavy atom. The predicted octanol–water partition coefficient (Wildman–Crippen LogP) is 2.78. The van der Waals surface area contributed by atoms with E-state index in [4.69, 9.17) is 4.74 Å². The average molecular weight is 291 g/mol. The third-order valence-electron chi connectivity index (χ3n) is 4.14. The minimum atomic E-state index is 0.775. The molecule has 0 unspecified atom stereocenters. The fourth-order valence-electron chi connectivity index (χ4n) is 2.83. The molecule has 4 heteroatoms. The first kappa shape index (κ1) is 16.1. The molecule has 2 rings (SSSR count). The average Bonchev–Trinajstić information content (AvgIpc) is 2.55. The quantitative estimate of drug-likeness (QED) is 0.449. The van der Waals surface area contributed by atoms with Gasteiger partial charge in [0.1, 0.15) is 0 Å². The van der Waals surface area contributed by atoms with Crippen molar-refractivity contribution in [3.8, 4) is 0 Å². The van der Waals surface area contributed by atoms with E-state index in [0.29, 0.717) is 0 Å². The zero-order valence-corrected chi connectivity index (χ0v) is 13.3. The number of ether oxygens (including phenoxy) is 1. The molecule has 0 aromatic carbocycles. The Hall–Kier alpha value is -1.29. The lowest BCUT2D eigenvalue weighted by Crippen LogP contribution is -2.38. The van der Waals surface area contributed by atoms with Gasteiger partial charge in [-0.1, -0.05) is 23.3 Å². The summed E-state index contributed by atoms with van der Waals surface area (Å²) in [6.45, 7) is 3.56. The van der Waals surface area contributed by atoms with Crippen LogP contribution in [0.1, 0.15) is 44.9 Å². The van der Waals surface area contributed by atoms with Crippen molar-refractivity contribution in [1.82, 2.24) is 10.6 Å². The van der Waals surface area contributed by atoms with E-state index in [-0.39, 0.29) is 0 Å². The minimum absolute atomic E-state index is 0.775. The summed E-state index contributed by atoms with van der Waals surface area (Å²) in [7, 11) is 1.84. The van der Waals surface area contributed by atoms with Gasteiger partial charge in [0.2, 0.25) is 0 Å². The van der Waals surface area contributed by atoms with E-state index in [1.807, 2.05) is 7.05 Å². The van der Waals surface area contributed by atoms with Crippen molar-refractivity contribution >= 4 is 5.96 Å². The summed E-state index contributed by atoms with van der Waals surface area (Å²) in [6.07, 6.45) is 13.2. The normalized spacial score (nSPS) is 19.8. The standard InChI is InChI=1S/C17H29N3O/c1-18-17(19-11-7-15-5-3-2-4-6-15)20-12-8-16-9-13-21-14-10-16/h5,9H,2-4,6-8,10-14H2,1H3,(H2,18,19,20). The van der Waals surface area contributed by atoms with Crippen molar-refractivity contribution in [2.45, 2.75) is 44.9 Å². The van der Waals surface area contributed by atoms with Gasteiger partial charge in [0.05, 0.1) is 13.2 Å². The maximum absolute atomic E-state index is 5.32. The zero-order valence-electron chi connectivity index (χ0n) is 13.3. The van der Waals surface area contributed by atoms with Crippen LogP contribution in [0.4, 0.5) is 0 Å². The molecule has 0 bridgehead atoms. The van der Waals surface area contributed by atoms with Crippen molar-refractivity contribution in [3.63, 3.8) is 0 Å². The number of rotatable bonds is 6. The molecule has 1 aliphatic heterocycles. The van der Waals surface area contributed by atoms with Crippen molar-refractivity contribution in [2.75, 3.05) is 33.4 Å². The van der Waals surface area contributed by atoms with Crippen LogP contribution < -0.4 is 10.6 Å². The highest BCUT2D eigenvalue weighted by Gasteiger charge is 2.05. The molecule has 0 atom stereocenters. The molecule has 1 aliphatic carbocycles. The number of hydrogen-bond acceptors (Lipinski definition) is 2. The van der Waals surface area contributed by atoms with Gasteiger partial charge >= 0.3 is 0 Å². The maximum Gasteiger partial charge on any atom is 0.190 e. The molecule has 0 saturated carbocycles. The Morgan fingerprint density at radius 1 is 1.10 bits per heavy atom. The Bertz CT molecular complexity index is 365. The lowest BCUT2D eigenvalue weighted by atomic mass is 9.97. The SMILES string of the molecule is CN=C(NCCC1=CCCCC1)NCCC1=CCOCC1. The van der Waals surface area contributed by atoms with Gasteiger partial charge in [0.15, 0.2) is 5.96 Å². The minimum Gasteiger partial charge on any atom is -0.377 e. The summed E-state index contributed by atoms with van der Waals surface area (Å²) in [5.74, 6) is 0.916. The number of guanidine groups is 1. The Morgan fingerprint density at radius 3 is 2.43 bits per heavy atom. The molecule has 0 amide bonds. The topological polar surface area (TPSA) is 45.7 Å². The fourth-order valence-corrected chi connectivity index (χ4v) is 2.83. The largest absolute Gasteiger partial charge is 0.377 e. The Balaban J connectivity index is 1.59. The summed E-state index contributed by atoms with van der Waals surface area (Å²) in [5, 5.41) is 6.80. The molecule has 0 saturated heterocycles. The first-order valence-electron chi connectivity index (χ1n) is 8.26. The van der Waals surface area contributed by atoms with Gasteiger partial charge in [-0.15, -0.1) is 0 Å². The molecule has 0 radical (unpaired) electrons. The molecule has 4 nitrogen and oxygen atoms in total. The van der Waals surface area contributed by atoms with Gasteiger partial charge in [-0.05, 0) is 44.9 Å². The van der Waals surface area contributed by atoms with Crippen LogP contribution in [0.15, 0.2) is 28.3 Å². The predicted molar refractivity (Wildman–Crippen MR) is 88.7 cm³/mol. The summed E-state index contributed by atoms with van der Waals surface area (Å²) in [6, 6.07) is 0. The molecule has 2 N–H and O–H groups in total. The Labute approximate surface area is 128 Å². The van der Waals surface area contributed by atoms with Crippen LogP contribution in [0.2, 0.25) is 0 Å². The number of nitrogens with zero attached hydrogens (tertiary/aromatic N) is 1. The molecule has 0 aromatic heterocycles. The molecule has 118 valence electrons. The second-order valence-electron chi connectivity index (χ2n) is 5.72. The van der Waals surface area contributed by atoms with E-state index in [9.17, 15) is 0 Å². The molecule has 21 heavy (non-hydrogen) atoms. The fraction of sp³-hybridized carbons (Fsp3) is 0.706. The summed E-state index contributed by atoms with van der Waals surface area (Å²) in [4.78, 5) is 4.28. The van der Waals surface area contributed by atoms with E-state index in [1.54, 1.807) is 5.57 Å². The van der Waals surface area contributed by atoms with Crippen molar-refractivity contribution in [3.05, 3.63) is 23.3 Å². The molecule has 0 fully saturated rings. The number of allylic oxidation sites excluding steroid dienone is 1. The summed E-state index contributed by atoms with van der Waals surface area (Å²) >= 11 is 0. The van der Waals surface area contributed by atoms with Crippen LogP contribution in [0, 0.1) is 0 Å². The first-order valence-corrected chi connectivity index (χ1v) is 8.26. The molecule has 0 aromatic rings. The second-order valence-corrected chi connectivity index (χ2v) is 5.72. The van der Waals surface area contributed by atoms with Gasteiger partial charge in [-0.2, -0.15) is 0 Å². The molecular formula is C17H29N3O.